The quantitative estimate of drug-likeness (QED) is 0.111. The van der Waals surface area contributed by atoms with Gasteiger partial charge in [-0.05, 0) is 68.7 Å². The van der Waals surface area contributed by atoms with E-state index in [2.05, 4.69) is 10.1 Å². The number of rotatable bonds is 8. The molecule has 1 unspecified atom stereocenters. The van der Waals surface area contributed by atoms with Gasteiger partial charge >= 0.3 is 0 Å². The van der Waals surface area contributed by atoms with Gasteiger partial charge < -0.3 is 25.5 Å². The molecule has 15 heteroatoms. The van der Waals surface area contributed by atoms with Gasteiger partial charge in [-0.3, -0.25) is 9.59 Å². The predicted molar refractivity (Wildman–Crippen MR) is 190 cm³/mol. The van der Waals surface area contributed by atoms with Gasteiger partial charge in [-0.15, -0.1) is 0 Å². The van der Waals surface area contributed by atoms with E-state index in [4.69, 9.17) is 38.9 Å². The summed E-state index contributed by atoms with van der Waals surface area (Å²) in [6, 6.07) is 15.9. The maximum absolute atomic E-state index is 14.1. The molecule has 3 aromatic carbocycles. The monoisotopic (exact) mass is 738 g/mol. The molecular formula is C35H36Cl2N6O6S. The minimum atomic E-state index is -4.21. The molecule has 2 aliphatic heterocycles. The van der Waals surface area contributed by atoms with Crippen molar-refractivity contribution in [1.82, 2.24) is 19.1 Å². The Balaban J connectivity index is 1.15. The van der Waals surface area contributed by atoms with Crippen molar-refractivity contribution in [2.45, 2.75) is 44.2 Å². The molecule has 6 rings (SSSR count). The highest BCUT2D eigenvalue weighted by Crippen LogP contribution is 2.37. The predicted octanol–water partition coefficient (Wildman–Crippen LogP) is 4.97. The van der Waals surface area contributed by atoms with Crippen molar-refractivity contribution in [3.8, 4) is 5.75 Å². The number of ether oxygens (including phenoxy) is 1. The number of hydrogen-bond acceptors (Lipinski definition) is 8. The first kappa shape index (κ1) is 35.4. The number of carbonyl (C=O) groups is 2. The van der Waals surface area contributed by atoms with E-state index in [0.717, 1.165) is 16.6 Å². The topological polar surface area (TPSA) is 159 Å². The molecule has 1 atom stereocenters. The van der Waals surface area contributed by atoms with Crippen molar-refractivity contribution in [2.75, 3.05) is 32.7 Å². The fourth-order valence-electron chi connectivity index (χ4n) is 6.50. The summed E-state index contributed by atoms with van der Waals surface area (Å²) in [5.74, 6) is -0.0826. The lowest BCUT2D eigenvalue weighted by atomic mass is 10.1. The molecule has 0 radical (unpaired) electrons. The average Bonchev–Trinajstić information content (AvgIpc) is 3.62. The molecule has 4 aromatic rings. The first-order chi connectivity index (χ1) is 23.9. The third kappa shape index (κ3) is 6.82. The Morgan fingerprint density at radius 1 is 0.980 bits per heavy atom. The highest BCUT2D eigenvalue weighted by molar-refractivity contribution is 7.89. The zero-order valence-corrected chi connectivity index (χ0v) is 29.8. The van der Waals surface area contributed by atoms with E-state index < -0.39 is 16.1 Å². The first-order valence-corrected chi connectivity index (χ1v) is 18.2. The average molecular weight is 740 g/mol. The number of aryl methyl sites for hydroxylation is 2. The second-order valence-corrected chi connectivity index (χ2v) is 15.0. The summed E-state index contributed by atoms with van der Waals surface area (Å²) >= 11 is 13.3. The fourth-order valence-corrected chi connectivity index (χ4v) is 9.01. The van der Waals surface area contributed by atoms with E-state index in [9.17, 15) is 18.0 Å². The SMILES string of the molecule is Cc1cc(C)c2cccc(OCc3c(Cl)ccc(S(=O)(=O)N4CCCC4C(=O)N4CCN(C(=O)c5ccc(/C(N)=N\O)cc5)CC4)c3Cl)c2n1. The van der Waals surface area contributed by atoms with Crippen LogP contribution in [0.15, 0.2) is 70.7 Å². The third-order valence-corrected chi connectivity index (χ3v) is 12.0. The molecule has 50 heavy (non-hydrogen) atoms. The molecule has 262 valence electrons. The van der Waals surface area contributed by atoms with E-state index in [1.165, 1.54) is 16.4 Å². The van der Waals surface area contributed by atoms with Crippen LogP contribution in [-0.2, 0) is 21.4 Å². The molecule has 2 saturated heterocycles. The van der Waals surface area contributed by atoms with Gasteiger partial charge in [-0.25, -0.2) is 13.4 Å². The summed E-state index contributed by atoms with van der Waals surface area (Å²) in [7, 11) is -4.21. The molecule has 0 spiro atoms. The number of oxime groups is 1. The molecule has 3 N–H and O–H groups in total. The van der Waals surface area contributed by atoms with Gasteiger partial charge in [0, 0.05) is 65.5 Å². The van der Waals surface area contributed by atoms with Crippen LogP contribution in [-0.4, -0.2) is 89.1 Å². The molecule has 0 bridgehead atoms. The van der Waals surface area contributed by atoms with Crippen molar-refractivity contribution >= 4 is 61.8 Å². The molecule has 2 aliphatic rings. The van der Waals surface area contributed by atoms with Gasteiger partial charge in [0.05, 0.1) is 5.02 Å². The number of nitrogens with two attached hydrogens (primary N) is 1. The van der Waals surface area contributed by atoms with Crippen LogP contribution >= 0.6 is 23.2 Å². The Kier molecular flexibility index (Phi) is 10.2. The Morgan fingerprint density at radius 2 is 1.66 bits per heavy atom. The van der Waals surface area contributed by atoms with Crippen molar-refractivity contribution in [3.63, 3.8) is 0 Å². The summed E-state index contributed by atoms with van der Waals surface area (Å²) in [6.45, 7) is 5.02. The Hall–Kier alpha value is -4.43. The molecular weight excluding hydrogens is 703 g/mol. The van der Waals surface area contributed by atoms with E-state index in [1.807, 2.05) is 32.0 Å². The summed E-state index contributed by atoms with van der Waals surface area (Å²) in [5.41, 5.74) is 9.38. The van der Waals surface area contributed by atoms with Gasteiger partial charge in [0.1, 0.15) is 28.8 Å². The van der Waals surface area contributed by atoms with E-state index in [0.29, 0.717) is 40.8 Å². The standard InChI is InChI=1S/C35H36Cl2N6O6S/c1-21-19-22(2)39-32-25(21)5-3-7-29(32)49-20-26-27(36)12-13-30(31(26)37)50(47,48)43-14-4-6-28(43)35(45)42-17-15-41(16-18-42)34(44)24-10-8-23(9-11-24)33(38)40-46/h3,5,7-13,19,28,46H,4,6,14-18,20H2,1-2H3,(H2,38,40). The number of sulfonamides is 1. The lowest BCUT2D eigenvalue weighted by Crippen LogP contribution is -2.55. The summed E-state index contributed by atoms with van der Waals surface area (Å²) < 4.78 is 35.6. The van der Waals surface area contributed by atoms with Crippen LogP contribution in [0.2, 0.25) is 10.0 Å². The number of aromatic nitrogens is 1. The van der Waals surface area contributed by atoms with Gasteiger partial charge in [0.15, 0.2) is 5.84 Å². The molecule has 3 heterocycles. The number of para-hydroxylation sites is 1. The molecule has 0 saturated carbocycles. The minimum absolute atomic E-state index is 0.0633. The van der Waals surface area contributed by atoms with Crippen LogP contribution < -0.4 is 10.5 Å². The minimum Gasteiger partial charge on any atom is -0.487 e. The lowest BCUT2D eigenvalue weighted by molar-refractivity contribution is -0.136. The molecule has 2 fully saturated rings. The normalized spacial score (nSPS) is 17.4. The van der Waals surface area contributed by atoms with E-state index in [1.54, 1.807) is 40.1 Å². The van der Waals surface area contributed by atoms with Crippen LogP contribution in [0.1, 0.15) is 45.6 Å². The highest BCUT2D eigenvalue weighted by atomic mass is 35.5. The number of pyridine rings is 1. The van der Waals surface area contributed by atoms with Crippen molar-refractivity contribution in [1.29, 1.82) is 0 Å². The van der Waals surface area contributed by atoms with Gasteiger partial charge in [0.25, 0.3) is 5.91 Å². The number of hydrogen-bond donors (Lipinski definition) is 2. The van der Waals surface area contributed by atoms with Crippen molar-refractivity contribution < 1.29 is 28.0 Å². The number of benzene rings is 3. The zero-order valence-electron chi connectivity index (χ0n) is 27.5. The maximum Gasteiger partial charge on any atom is 0.253 e. The number of amidine groups is 1. The Morgan fingerprint density at radius 3 is 2.36 bits per heavy atom. The number of amides is 2. The van der Waals surface area contributed by atoms with E-state index >= 15 is 0 Å². The number of carbonyl (C=O) groups excluding carboxylic acids is 2. The van der Waals surface area contributed by atoms with Crippen LogP contribution in [0.4, 0.5) is 0 Å². The smallest absolute Gasteiger partial charge is 0.253 e. The number of fused-ring (bicyclic) bond motifs is 1. The Bertz CT molecular complexity index is 2100. The Labute approximate surface area is 300 Å². The van der Waals surface area contributed by atoms with Crippen LogP contribution in [0.5, 0.6) is 5.75 Å². The second-order valence-electron chi connectivity index (χ2n) is 12.3. The largest absolute Gasteiger partial charge is 0.487 e. The summed E-state index contributed by atoms with van der Waals surface area (Å²) in [4.78, 5) is 34.6. The molecule has 12 nitrogen and oxygen atoms in total. The van der Waals surface area contributed by atoms with Crippen molar-refractivity contribution in [2.24, 2.45) is 10.9 Å². The lowest BCUT2D eigenvalue weighted by Gasteiger charge is -2.37. The van der Waals surface area contributed by atoms with Gasteiger partial charge in [-0.2, -0.15) is 4.31 Å². The van der Waals surface area contributed by atoms with Crippen molar-refractivity contribution in [3.05, 3.63) is 98.7 Å². The van der Waals surface area contributed by atoms with Crippen LogP contribution in [0.3, 0.4) is 0 Å². The van der Waals surface area contributed by atoms with Crippen LogP contribution in [0.25, 0.3) is 10.9 Å². The van der Waals surface area contributed by atoms with E-state index in [-0.39, 0.29) is 71.9 Å². The summed E-state index contributed by atoms with van der Waals surface area (Å²) in [6.07, 6.45) is 0.863. The van der Waals surface area contributed by atoms with Gasteiger partial charge in [-0.1, -0.05) is 52.6 Å². The van der Waals surface area contributed by atoms with Gasteiger partial charge in [0.2, 0.25) is 15.9 Å². The number of nitrogens with zero attached hydrogens (tertiary/aromatic N) is 5. The van der Waals surface area contributed by atoms with Crippen LogP contribution in [0, 0.1) is 13.8 Å². The number of piperazine rings is 1. The molecule has 1 aromatic heterocycles. The zero-order chi connectivity index (χ0) is 35.7. The first-order valence-electron chi connectivity index (χ1n) is 16.0. The third-order valence-electron chi connectivity index (χ3n) is 9.15. The molecule has 2 amide bonds. The highest BCUT2D eigenvalue weighted by Gasteiger charge is 2.43. The fraction of sp³-hybridized carbons (Fsp3) is 0.314. The second kappa shape index (κ2) is 14.4. The number of halogens is 2. The molecule has 0 aliphatic carbocycles. The summed E-state index contributed by atoms with van der Waals surface area (Å²) in [5, 5.41) is 12.9. The maximum atomic E-state index is 14.1.